The Hall–Kier alpha value is -0.890. The summed E-state index contributed by atoms with van der Waals surface area (Å²) in [6.45, 7) is 9.04. The van der Waals surface area contributed by atoms with Crippen LogP contribution in [0.1, 0.15) is 13.3 Å². The molecule has 0 aromatic carbocycles. The van der Waals surface area contributed by atoms with Crippen molar-refractivity contribution < 1.29 is 9.90 Å². The zero-order chi connectivity index (χ0) is 10.3. The van der Waals surface area contributed by atoms with E-state index >= 15 is 0 Å². The molecular formula is C8H14N2O2S. The lowest BCUT2D eigenvalue weighted by atomic mass is 10.2. The highest BCUT2D eigenvalue weighted by atomic mass is 32.2. The van der Waals surface area contributed by atoms with Crippen molar-refractivity contribution >= 4 is 17.7 Å². The third-order valence-corrected chi connectivity index (χ3v) is 2.34. The molecule has 0 aromatic heterocycles. The standard InChI is InChI=1S/C8H14N2O2S/c1-4-10(9-2)7(8(11)12)5-6-13-3/h7H,4-6H2,1,3H3,(H,11,12)/t7-/m0/s1. The van der Waals surface area contributed by atoms with E-state index in [0.717, 1.165) is 5.75 Å². The first-order valence-electron chi connectivity index (χ1n) is 4.03. The molecule has 0 amide bonds. The number of rotatable bonds is 6. The minimum atomic E-state index is -0.910. The van der Waals surface area contributed by atoms with Crippen molar-refractivity contribution in [3.63, 3.8) is 0 Å². The van der Waals surface area contributed by atoms with Gasteiger partial charge in [-0.05, 0) is 25.4 Å². The lowest BCUT2D eigenvalue weighted by Crippen LogP contribution is -2.36. The van der Waals surface area contributed by atoms with Crippen LogP contribution in [0.2, 0.25) is 0 Å². The molecule has 0 spiro atoms. The molecule has 1 atom stereocenters. The molecule has 1 N–H and O–H groups in total. The molecule has 0 aliphatic rings. The number of hydrogen-bond donors (Lipinski definition) is 1. The fourth-order valence-corrected chi connectivity index (χ4v) is 1.45. The predicted octanol–water partition coefficient (Wildman–Crippen LogP) is 1.35. The quantitative estimate of drug-likeness (QED) is 0.521. The minimum Gasteiger partial charge on any atom is -0.480 e. The molecule has 0 saturated heterocycles. The Morgan fingerprint density at radius 2 is 2.38 bits per heavy atom. The zero-order valence-electron chi connectivity index (χ0n) is 7.86. The Kier molecular flexibility index (Phi) is 6.15. The van der Waals surface area contributed by atoms with Gasteiger partial charge in [-0.1, -0.05) is 5.01 Å². The van der Waals surface area contributed by atoms with Crippen LogP contribution in [0.4, 0.5) is 0 Å². The second-order valence-electron chi connectivity index (χ2n) is 2.49. The third kappa shape index (κ3) is 4.04. The van der Waals surface area contributed by atoms with E-state index < -0.39 is 12.0 Å². The van der Waals surface area contributed by atoms with Crippen LogP contribution in [0.25, 0.3) is 4.95 Å². The van der Waals surface area contributed by atoms with Crippen molar-refractivity contribution in [3.05, 3.63) is 11.5 Å². The topological polar surface area (TPSA) is 44.9 Å². The van der Waals surface area contributed by atoms with E-state index in [1.54, 1.807) is 18.7 Å². The van der Waals surface area contributed by atoms with Crippen LogP contribution in [-0.4, -0.2) is 40.7 Å². The van der Waals surface area contributed by atoms with Crippen LogP contribution < -0.4 is 0 Å². The SMILES string of the molecule is [C-]#[N+]N(CC)[C@@H](CCSC)C(=O)O. The van der Waals surface area contributed by atoms with Crippen molar-refractivity contribution in [2.45, 2.75) is 19.4 Å². The molecule has 0 rings (SSSR count). The van der Waals surface area contributed by atoms with Gasteiger partial charge in [0.2, 0.25) is 0 Å². The fraction of sp³-hybridized carbons (Fsp3) is 0.750. The molecule has 13 heavy (non-hydrogen) atoms. The molecule has 74 valence electrons. The Morgan fingerprint density at radius 1 is 1.77 bits per heavy atom. The van der Waals surface area contributed by atoms with Crippen LogP contribution in [0.3, 0.4) is 0 Å². The number of nitrogens with zero attached hydrogens (tertiary/aromatic N) is 2. The minimum absolute atomic E-state index is 0.453. The van der Waals surface area contributed by atoms with Gasteiger partial charge in [-0.25, -0.2) is 4.79 Å². The van der Waals surface area contributed by atoms with Crippen LogP contribution in [-0.2, 0) is 4.79 Å². The summed E-state index contributed by atoms with van der Waals surface area (Å²) in [7, 11) is 0. The van der Waals surface area contributed by atoms with Crippen molar-refractivity contribution in [2.24, 2.45) is 0 Å². The maximum absolute atomic E-state index is 10.8. The van der Waals surface area contributed by atoms with Crippen LogP contribution in [0.15, 0.2) is 0 Å². The monoisotopic (exact) mass is 202 g/mol. The lowest BCUT2D eigenvalue weighted by molar-refractivity contribution is -0.142. The average molecular weight is 202 g/mol. The Balaban J connectivity index is 4.23. The van der Waals surface area contributed by atoms with Crippen molar-refractivity contribution in [1.82, 2.24) is 5.01 Å². The molecule has 0 aromatic rings. The summed E-state index contributed by atoms with van der Waals surface area (Å²) in [6.07, 6.45) is 2.44. The van der Waals surface area contributed by atoms with Gasteiger partial charge in [-0.15, -0.1) is 0 Å². The Labute approximate surface area is 82.7 Å². The molecule has 0 radical (unpaired) electrons. The van der Waals surface area contributed by atoms with Gasteiger partial charge in [-0.3, -0.25) is 0 Å². The summed E-state index contributed by atoms with van der Waals surface area (Å²) in [5.41, 5.74) is 0. The number of carbonyl (C=O) groups is 1. The molecule has 5 heteroatoms. The predicted molar refractivity (Wildman–Crippen MR) is 53.4 cm³/mol. The van der Waals surface area contributed by atoms with Gasteiger partial charge in [0.1, 0.15) is 0 Å². The second-order valence-corrected chi connectivity index (χ2v) is 3.48. The van der Waals surface area contributed by atoms with Gasteiger partial charge >= 0.3 is 5.97 Å². The molecule has 0 bridgehead atoms. The van der Waals surface area contributed by atoms with Gasteiger partial charge < -0.3 is 5.11 Å². The Bertz CT molecular complexity index is 203. The largest absolute Gasteiger partial charge is 0.480 e. The summed E-state index contributed by atoms with van der Waals surface area (Å²) in [6, 6.07) is -0.657. The summed E-state index contributed by atoms with van der Waals surface area (Å²) in [4.78, 5) is 13.9. The average Bonchev–Trinajstić information content (AvgIpc) is 2.11. The Morgan fingerprint density at radius 3 is 2.69 bits per heavy atom. The molecule has 0 saturated carbocycles. The maximum atomic E-state index is 10.8. The molecule has 0 fully saturated rings. The van der Waals surface area contributed by atoms with Gasteiger partial charge in [0.15, 0.2) is 6.04 Å². The number of aliphatic carboxylic acids is 1. The normalized spacial score (nSPS) is 11.8. The van der Waals surface area contributed by atoms with Gasteiger partial charge in [0, 0.05) is 0 Å². The number of hydrogen-bond acceptors (Lipinski definition) is 3. The number of thioether (sulfide) groups is 1. The molecule has 4 nitrogen and oxygen atoms in total. The molecule has 0 aliphatic carbocycles. The highest BCUT2D eigenvalue weighted by Crippen LogP contribution is 2.08. The molecular weight excluding hydrogens is 188 g/mol. The summed E-state index contributed by atoms with van der Waals surface area (Å²) < 4.78 is 0. The number of carboxylic acids is 1. The smallest absolute Gasteiger partial charge is 0.333 e. The number of likely N-dealkylation sites (N-methyl/N-ethyl adjacent to an activating group) is 1. The van der Waals surface area contributed by atoms with Crippen molar-refractivity contribution in [2.75, 3.05) is 18.6 Å². The summed E-state index contributed by atoms with van der Waals surface area (Å²) in [5.74, 6) is -0.143. The number of carboxylic acid groups (broad SMARTS) is 1. The van der Waals surface area contributed by atoms with Crippen molar-refractivity contribution in [3.8, 4) is 0 Å². The van der Waals surface area contributed by atoms with E-state index in [1.165, 1.54) is 5.01 Å². The first-order chi connectivity index (χ1) is 6.17. The van der Waals surface area contributed by atoms with E-state index in [1.807, 2.05) is 6.26 Å². The first-order valence-corrected chi connectivity index (χ1v) is 5.42. The van der Waals surface area contributed by atoms with E-state index in [9.17, 15) is 4.79 Å². The van der Waals surface area contributed by atoms with Crippen LogP contribution in [0.5, 0.6) is 0 Å². The summed E-state index contributed by atoms with van der Waals surface area (Å²) >= 11 is 1.59. The van der Waals surface area contributed by atoms with Crippen molar-refractivity contribution in [1.29, 1.82) is 0 Å². The first kappa shape index (κ1) is 12.1. The van der Waals surface area contributed by atoms with Gasteiger partial charge in [0.05, 0.1) is 6.54 Å². The zero-order valence-corrected chi connectivity index (χ0v) is 8.67. The molecule has 0 heterocycles. The second kappa shape index (κ2) is 6.61. The lowest BCUT2D eigenvalue weighted by Gasteiger charge is -2.15. The van der Waals surface area contributed by atoms with Crippen LogP contribution >= 0.6 is 11.8 Å². The van der Waals surface area contributed by atoms with E-state index in [2.05, 4.69) is 4.95 Å². The molecule has 0 aliphatic heterocycles. The molecule has 0 unspecified atom stereocenters. The highest BCUT2D eigenvalue weighted by molar-refractivity contribution is 7.98. The fourth-order valence-electron chi connectivity index (χ4n) is 0.990. The maximum Gasteiger partial charge on any atom is 0.333 e. The van der Waals surface area contributed by atoms with Gasteiger partial charge in [-0.2, -0.15) is 23.3 Å². The highest BCUT2D eigenvalue weighted by Gasteiger charge is 2.27. The van der Waals surface area contributed by atoms with Crippen LogP contribution in [0, 0.1) is 6.57 Å². The van der Waals surface area contributed by atoms with Gasteiger partial charge in [0.25, 0.3) is 0 Å². The van der Waals surface area contributed by atoms with E-state index in [4.69, 9.17) is 11.7 Å². The van der Waals surface area contributed by atoms with E-state index in [0.29, 0.717) is 13.0 Å². The summed E-state index contributed by atoms with van der Waals surface area (Å²) in [5, 5.41) is 10.1. The third-order valence-electron chi connectivity index (χ3n) is 1.69. The van der Waals surface area contributed by atoms with E-state index in [-0.39, 0.29) is 0 Å².